The summed E-state index contributed by atoms with van der Waals surface area (Å²) in [5, 5.41) is 13.5. The second-order valence-electron chi connectivity index (χ2n) is 2.53. The molecule has 0 unspecified atom stereocenters. The van der Waals surface area contributed by atoms with Crippen molar-refractivity contribution in [2.24, 2.45) is 5.14 Å². The Morgan fingerprint density at radius 2 is 2.08 bits per heavy atom. The Kier molecular flexibility index (Phi) is 2.11. The Hall–Kier alpha value is -1.39. The fourth-order valence-corrected chi connectivity index (χ4v) is 1.81. The van der Waals surface area contributed by atoms with E-state index in [0.29, 0.717) is 11.4 Å². The van der Waals surface area contributed by atoms with E-state index in [9.17, 15) is 8.42 Å². The highest BCUT2D eigenvalue weighted by Crippen LogP contribution is 2.10. The summed E-state index contributed by atoms with van der Waals surface area (Å²) in [6.07, 6.45) is 0. The van der Waals surface area contributed by atoms with Gasteiger partial charge in [-0.15, -0.1) is 0 Å². The highest BCUT2D eigenvalue weighted by molar-refractivity contribution is 7.87. The lowest BCUT2D eigenvalue weighted by atomic mass is 10.4. The van der Waals surface area contributed by atoms with E-state index in [4.69, 9.17) is 10.4 Å². The molecular formula is C6H8N4O2S. The van der Waals surface area contributed by atoms with Gasteiger partial charge in [0.15, 0.2) is 0 Å². The lowest BCUT2D eigenvalue weighted by molar-refractivity contribution is 0.587. The highest BCUT2D eigenvalue weighted by Gasteiger charge is 2.18. The predicted molar refractivity (Wildman–Crippen MR) is 44.9 cm³/mol. The maximum absolute atomic E-state index is 11.0. The fraction of sp³-hybridized carbons (Fsp3) is 0.333. The molecule has 0 atom stereocenters. The van der Waals surface area contributed by atoms with Gasteiger partial charge in [0, 0.05) is 0 Å². The van der Waals surface area contributed by atoms with Crippen LogP contribution in [0, 0.1) is 25.2 Å². The first-order valence-electron chi connectivity index (χ1n) is 3.37. The van der Waals surface area contributed by atoms with Crippen molar-refractivity contribution >= 4 is 10.2 Å². The van der Waals surface area contributed by atoms with Gasteiger partial charge in [0.1, 0.15) is 6.07 Å². The number of aromatic nitrogens is 2. The van der Waals surface area contributed by atoms with Crippen molar-refractivity contribution in [1.29, 1.82) is 5.26 Å². The van der Waals surface area contributed by atoms with Crippen molar-refractivity contribution in [3.63, 3.8) is 0 Å². The molecule has 0 aliphatic carbocycles. The molecule has 6 nitrogen and oxygen atoms in total. The molecule has 2 N–H and O–H groups in total. The molecule has 0 aromatic carbocycles. The fourth-order valence-electron chi connectivity index (χ4n) is 0.973. The van der Waals surface area contributed by atoms with Crippen LogP contribution in [-0.4, -0.2) is 17.4 Å². The Morgan fingerprint density at radius 1 is 1.54 bits per heavy atom. The van der Waals surface area contributed by atoms with Gasteiger partial charge in [-0.1, -0.05) is 0 Å². The minimum Gasteiger partial charge on any atom is -0.223 e. The van der Waals surface area contributed by atoms with Gasteiger partial charge >= 0.3 is 10.2 Å². The molecule has 7 heteroatoms. The molecule has 0 aliphatic rings. The van der Waals surface area contributed by atoms with Crippen molar-refractivity contribution in [3.05, 3.63) is 17.2 Å². The monoisotopic (exact) mass is 200 g/mol. The maximum Gasteiger partial charge on any atom is 0.304 e. The van der Waals surface area contributed by atoms with Crippen molar-refractivity contribution < 1.29 is 8.42 Å². The molecule has 1 aromatic rings. The van der Waals surface area contributed by atoms with Gasteiger partial charge in [0.2, 0.25) is 5.82 Å². The number of hydrogen-bond acceptors (Lipinski definition) is 4. The number of rotatable bonds is 1. The molecule has 1 aromatic heterocycles. The zero-order chi connectivity index (χ0) is 10.2. The van der Waals surface area contributed by atoms with Crippen molar-refractivity contribution in [2.75, 3.05) is 0 Å². The van der Waals surface area contributed by atoms with E-state index >= 15 is 0 Å². The summed E-state index contributed by atoms with van der Waals surface area (Å²) < 4.78 is 22.7. The van der Waals surface area contributed by atoms with Gasteiger partial charge in [-0.3, -0.25) is 0 Å². The topological polar surface area (TPSA) is 102 Å². The SMILES string of the molecule is Cc1nc(C#N)n(S(N)(=O)=O)c1C. The first kappa shape index (κ1) is 9.70. The van der Waals surface area contributed by atoms with E-state index in [-0.39, 0.29) is 5.82 Å². The second-order valence-corrected chi connectivity index (χ2v) is 3.92. The number of hydrogen-bond donors (Lipinski definition) is 1. The lowest BCUT2D eigenvalue weighted by Gasteiger charge is -2.01. The molecule has 70 valence electrons. The Bertz CT molecular complexity index is 479. The van der Waals surface area contributed by atoms with Crippen LogP contribution in [-0.2, 0) is 10.2 Å². The molecule has 0 fully saturated rings. The summed E-state index contributed by atoms with van der Waals surface area (Å²) in [4.78, 5) is 3.74. The summed E-state index contributed by atoms with van der Waals surface area (Å²) >= 11 is 0. The number of nitrogens with zero attached hydrogens (tertiary/aromatic N) is 3. The summed E-state index contributed by atoms with van der Waals surface area (Å²) in [6.45, 7) is 3.14. The van der Waals surface area contributed by atoms with Gasteiger partial charge in [-0.05, 0) is 13.8 Å². The first-order valence-corrected chi connectivity index (χ1v) is 4.87. The van der Waals surface area contributed by atoms with Gasteiger partial charge in [-0.2, -0.15) is 13.7 Å². The maximum atomic E-state index is 11.0. The minimum absolute atomic E-state index is 0.211. The average Bonchev–Trinajstić information content (AvgIpc) is 2.26. The third kappa shape index (κ3) is 1.54. The van der Waals surface area contributed by atoms with Crippen LogP contribution in [0.15, 0.2) is 0 Å². The van der Waals surface area contributed by atoms with E-state index in [1.807, 2.05) is 0 Å². The summed E-state index contributed by atoms with van der Waals surface area (Å²) in [7, 11) is -3.92. The third-order valence-corrected chi connectivity index (χ3v) is 2.60. The van der Waals surface area contributed by atoms with Gasteiger partial charge < -0.3 is 0 Å². The first-order chi connectivity index (χ1) is 5.88. The van der Waals surface area contributed by atoms with Crippen molar-refractivity contribution in [3.8, 4) is 6.07 Å². The van der Waals surface area contributed by atoms with Gasteiger partial charge in [-0.25, -0.2) is 14.1 Å². The predicted octanol–water partition coefficient (Wildman–Crippen LogP) is -0.577. The largest absolute Gasteiger partial charge is 0.304 e. The van der Waals surface area contributed by atoms with Crippen LogP contribution in [0.4, 0.5) is 0 Å². The molecule has 1 heterocycles. The number of nitriles is 1. The molecule has 1 rings (SSSR count). The van der Waals surface area contributed by atoms with E-state index in [2.05, 4.69) is 4.98 Å². The summed E-state index contributed by atoms with van der Waals surface area (Å²) in [6, 6.07) is 1.66. The average molecular weight is 200 g/mol. The third-order valence-electron chi connectivity index (χ3n) is 1.65. The van der Waals surface area contributed by atoms with Gasteiger partial charge in [0.25, 0.3) is 0 Å². The molecule has 0 saturated carbocycles. The zero-order valence-corrected chi connectivity index (χ0v) is 7.96. The Labute approximate surface area is 75.8 Å². The Morgan fingerprint density at radius 3 is 2.38 bits per heavy atom. The Balaban J connectivity index is 3.63. The van der Waals surface area contributed by atoms with E-state index in [1.165, 1.54) is 6.92 Å². The molecular weight excluding hydrogens is 192 g/mol. The second kappa shape index (κ2) is 2.83. The number of aryl methyl sites for hydroxylation is 1. The smallest absolute Gasteiger partial charge is 0.223 e. The molecule has 0 spiro atoms. The van der Waals surface area contributed by atoms with E-state index in [0.717, 1.165) is 3.97 Å². The van der Waals surface area contributed by atoms with Crippen LogP contribution >= 0.6 is 0 Å². The molecule has 0 bridgehead atoms. The van der Waals surface area contributed by atoms with Crippen LogP contribution < -0.4 is 5.14 Å². The van der Waals surface area contributed by atoms with Crippen LogP contribution in [0.5, 0.6) is 0 Å². The molecule has 0 amide bonds. The van der Waals surface area contributed by atoms with Crippen LogP contribution in [0.25, 0.3) is 0 Å². The van der Waals surface area contributed by atoms with Crippen LogP contribution in [0.1, 0.15) is 17.2 Å². The van der Waals surface area contributed by atoms with E-state index in [1.54, 1.807) is 13.0 Å². The number of nitrogens with two attached hydrogens (primary N) is 1. The van der Waals surface area contributed by atoms with E-state index < -0.39 is 10.2 Å². The van der Waals surface area contributed by atoms with Crippen LogP contribution in [0.3, 0.4) is 0 Å². The normalized spacial score (nSPS) is 11.2. The zero-order valence-electron chi connectivity index (χ0n) is 7.14. The van der Waals surface area contributed by atoms with Crippen molar-refractivity contribution in [2.45, 2.75) is 13.8 Å². The summed E-state index contributed by atoms with van der Waals surface area (Å²) in [5.74, 6) is -0.211. The standard InChI is InChI=1S/C6H8N4O2S/c1-4-5(2)10(13(8,11)12)6(3-7)9-4/h1-2H3,(H2,8,11,12). The molecule has 0 radical (unpaired) electrons. The minimum atomic E-state index is -3.92. The van der Waals surface area contributed by atoms with Gasteiger partial charge in [0.05, 0.1) is 11.4 Å². The highest BCUT2D eigenvalue weighted by atomic mass is 32.2. The van der Waals surface area contributed by atoms with Crippen molar-refractivity contribution in [1.82, 2.24) is 8.96 Å². The molecule has 0 aliphatic heterocycles. The molecule has 13 heavy (non-hydrogen) atoms. The summed E-state index contributed by atoms with van der Waals surface area (Å²) in [5.41, 5.74) is 0.838. The lowest BCUT2D eigenvalue weighted by Crippen LogP contribution is -2.24. The molecule has 0 saturated heterocycles. The number of imidazole rings is 1. The van der Waals surface area contributed by atoms with Crippen LogP contribution in [0.2, 0.25) is 0 Å². The quantitative estimate of drug-likeness (QED) is 0.655.